The van der Waals surface area contributed by atoms with Crippen LogP contribution in [0, 0.1) is 23.0 Å². The highest BCUT2D eigenvalue weighted by atomic mass is 32.1. The quantitative estimate of drug-likeness (QED) is 0.397. The van der Waals surface area contributed by atoms with Crippen LogP contribution in [0.15, 0.2) is 36.4 Å². The summed E-state index contributed by atoms with van der Waals surface area (Å²) < 4.78 is 30.4. The highest BCUT2D eigenvalue weighted by Crippen LogP contribution is 2.39. The molecule has 5 rings (SSSR count). The second-order valence-electron chi connectivity index (χ2n) is 8.57. The normalized spacial score (nSPS) is 13.7. The fourth-order valence-corrected chi connectivity index (χ4v) is 5.35. The predicted molar refractivity (Wildman–Crippen MR) is 137 cm³/mol. The summed E-state index contributed by atoms with van der Waals surface area (Å²) in [6, 6.07) is 11.2. The van der Waals surface area contributed by atoms with Gasteiger partial charge in [-0.15, -0.1) is 0 Å². The van der Waals surface area contributed by atoms with Gasteiger partial charge in [-0.1, -0.05) is 11.3 Å². The molecule has 1 aliphatic rings. The van der Waals surface area contributed by atoms with Crippen LogP contribution in [-0.2, 0) is 6.54 Å². The van der Waals surface area contributed by atoms with Gasteiger partial charge in [-0.2, -0.15) is 10.4 Å². The number of aryl methyl sites for hydroxylation is 1. The second-order valence-corrected chi connectivity index (χ2v) is 9.55. The van der Waals surface area contributed by atoms with E-state index in [4.69, 9.17) is 0 Å². The first-order chi connectivity index (χ1) is 17.8. The molecule has 1 fully saturated rings. The molecular formula is C25H23F2N7O2S. The molecule has 0 unspecified atom stereocenters. The average molecular weight is 524 g/mol. The largest absolute Gasteiger partial charge is 0.465 e. The maximum atomic E-state index is 15.3. The van der Waals surface area contributed by atoms with E-state index in [0.717, 1.165) is 0 Å². The summed E-state index contributed by atoms with van der Waals surface area (Å²) in [7, 11) is 1.78. The molecular weight excluding hydrogens is 500 g/mol. The van der Waals surface area contributed by atoms with Crippen LogP contribution in [0.3, 0.4) is 0 Å². The molecule has 0 saturated carbocycles. The van der Waals surface area contributed by atoms with Crippen molar-refractivity contribution >= 4 is 45.0 Å². The Bertz CT molecular complexity index is 1520. The number of thiazole rings is 1. The summed E-state index contributed by atoms with van der Waals surface area (Å²) >= 11 is 1.19. The first-order valence-electron chi connectivity index (χ1n) is 11.6. The number of nitrogens with zero attached hydrogens (tertiary/aromatic N) is 7. The Kier molecular flexibility index (Phi) is 6.39. The molecule has 9 nitrogen and oxygen atoms in total. The number of carbonyl (C=O) groups is 1. The minimum atomic E-state index is -0.963. The number of fused-ring (bicyclic) bond motifs is 1. The van der Waals surface area contributed by atoms with Crippen molar-refractivity contribution in [1.82, 2.24) is 19.7 Å². The molecule has 3 heterocycles. The number of piperazine rings is 1. The predicted octanol–water partition coefficient (Wildman–Crippen LogP) is 4.90. The Morgan fingerprint density at radius 3 is 2.51 bits per heavy atom. The van der Waals surface area contributed by atoms with E-state index in [1.165, 1.54) is 34.4 Å². The summed E-state index contributed by atoms with van der Waals surface area (Å²) in [5, 5.41) is 24.5. The number of amides is 1. The van der Waals surface area contributed by atoms with Crippen molar-refractivity contribution in [2.24, 2.45) is 0 Å². The number of hydrogen-bond acceptors (Lipinski definition) is 7. The number of benzene rings is 2. The minimum Gasteiger partial charge on any atom is -0.465 e. The van der Waals surface area contributed by atoms with E-state index in [-0.39, 0.29) is 11.3 Å². The summed E-state index contributed by atoms with van der Waals surface area (Å²) in [4.78, 5) is 21.4. The number of aromatic nitrogens is 3. The van der Waals surface area contributed by atoms with Gasteiger partial charge < -0.3 is 19.8 Å². The number of carboxylic acid groups (broad SMARTS) is 1. The lowest BCUT2D eigenvalue weighted by Crippen LogP contribution is -2.48. The van der Waals surface area contributed by atoms with Crippen LogP contribution in [-0.4, -0.2) is 64.1 Å². The van der Waals surface area contributed by atoms with Gasteiger partial charge >= 0.3 is 6.09 Å². The third-order valence-corrected chi connectivity index (χ3v) is 7.45. The van der Waals surface area contributed by atoms with Gasteiger partial charge in [-0.05, 0) is 43.3 Å². The van der Waals surface area contributed by atoms with E-state index >= 15 is 4.39 Å². The van der Waals surface area contributed by atoms with Crippen molar-refractivity contribution in [3.63, 3.8) is 0 Å². The molecule has 1 N–H and O–H groups in total. The zero-order chi connectivity index (χ0) is 26.3. The molecule has 12 heteroatoms. The van der Waals surface area contributed by atoms with E-state index in [9.17, 15) is 19.6 Å². The molecule has 4 aromatic rings. The molecule has 0 bridgehead atoms. The summed E-state index contributed by atoms with van der Waals surface area (Å²) in [6.45, 7) is 3.94. The molecule has 37 heavy (non-hydrogen) atoms. The van der Waals surface area contributed by atoms with Gasteiger partial charge in [-0.3, -0.25) is 0 Å². The van der Waals surface area contributed by atoms with E-state index in [1.54, 1.807) is 28.8 Å². The third kappa shape index (κ3) is 4.42. The first-order valence-corrected chi connectivity index (χ1v) is 12.5. The highest BCUT2D eigenvalue weighted by molar-refractivity contribution is 7.16. The molecule has 0 radical (unpaired) electrons. The van der Waals surface area contributed by atoms with Crippen LogP contribution in [0.4, 0.5) is 30.2 Å². The molecule has 190 valence electrons. The molecule has 0 atom stereocenters. The van der Waals surface area contributed by atoms with Crippen molar-refractivity contribution in [1.29, 1.82) is 5.26 Å². The third-order valence-electron chi connectivity index (χ3n) is 6.41. The zero-order valence-corrected chi connectivity index (χ0v) is 21.0. The minimum absolute atomic E-state index is 0.215. The van der Waals surface area contributed by atoms with Crippen LogP contribution in [0.5, 0.6) is 0 Å². The summed E-state index contributed by atoms with van der Waals surface area (Å²) in [5.41, 5.74) is 1.93. The van der Waals surface area contributed by atoms with Crippen molar-refractivity contribution in [3.8, 4) is 17.3 Å². The van der Waals surface area contributed by atoms with Gasteiger partial charge in [0.1, 0.15) is 33.8 Å². The lowest BCUT2D eigenvalue weighted by atomic mass is 10.1. The summed E-state index contributed by atoms with van der Waals surface area (Å²) in [6.07, 6.45) is -0.963. The molecule has 1 aliphatic heterocycles. The van der Waals surface area contributed by atoms with Crippen molar-refractivity contribution < 1.29 is 18.7 Å². The van der Waals surface area contributed by atoms with Gasteiger partial charge in [0.05, 0.1) is 0 Å². The van der Waals surface area contributed by atoms with Crippen molar-refractivity contribution in [2.45, 2.75) is 13.5 Å². The molecule has 0 aliphatic carbocycles. The number of halogens is 2. The fraction of sp³-hybridized carbons (Fsp3) is 0.280. The van der Waals surface area contributed by atoms with Crippen molar-refractivity contribution in [3.05, 3.63) is 52.9 Å². The molecule has 1 saturated heterocycles. The Hall–Kier alpha value is -4.24. The average Bonchev–Trinajstić information content (AvgIpc) is 3.51. The lowest BCUT2D eigenvalue weighted by molar-refractivity contribution is 0.142. The second kappa shape index (κ2) is 9.67. The highest BCUT2D eigenvalue weighted by Gasteiger charge is 2.26. The van der Waals surface area contributed by atoms with Gasteiger partial charge in [0.15, 0.2) is 10.9 Å². The number of nitriles is 1. The number of hydrogen-bond donors (Lipinski definition) is 1. The maximum Gasteiger partial charge on any atom is 0.407 e. The van der Waals surface area contributed by atoms with Crippen LogP contribution in [0.25, 0.3) is 22.2 Å². The zero-order valence-electron chi connectivity index (χ0n) is 20.1. The smallest absolute Gasteiger partial charge is 0.407 e. The molecule has 1 amide bonds. The van der Waals surface area contributed by atoms with Crippen molar-refractivity contribution in [2.75, 3.05) is 43.0 Å². The van der Waals surface area contributed by atoms with Crippen LogP contribution in [0.2, 0.25) is 0 Å². The van der Waals surface area contributed by atoms with Gasteiger partial charge in [0, 0.05) is 56.4 Å². The number of anilines is 3. The van der Waals surface area contributed by atoms with Gasteiger partial charge in [0.2, 0.25) is 0 Å². The molecule has 0 spiro atoms. The maximum absolute atomic E-state index is 15.3. The first kappa shape index (κ1) is 24.5. The van der Waals surface area contributed by atoms with Gasteiger partial charge in [-0.25, -0.2) is 23.2 Å². The van der Waals surface area contributed by atoms with Gasteiger partial charge in [0.25, 0.3) is 0 Å². The Morgan fingerprint density at radius 1 is 1.19 bits per heavy atom. The monoisotopic (exact) mass is 523 g/mol. The molecule has 2 aromatic heterocycles. The van der Waals surface area contributed by atoms with E-state index in [2.05, 4.69) is 16.2 Å². The lowest BCUT2D eigenvalue weighted by Gasteiger charge is -2.34. The number of rotatable bonds is 5. The van der Waals surface area contributed by atoms with Crippen LogP contribution >= 0.6 is 11.3 Å². The van der Waals surface area contributed by atoms with Crippen LogP contribution in [0.1, 0.15) is 11.8 Å². The Labute approximate surface area is 215 Å². The van der Waals surface area contributed by atoms with E-state index in [0.29, 0.717) is 70.9 Å². The SMILES string of the molecule is CCn1nc2c(F)cc(N3CCN(C(=O)O)CC3)cc2c1N(C)c1nc(-c2ccc(F)cc2)c(C#N)s1. The summed E-state index contributed by atoms with van der Waals surface area (Å²) in [5.74, 6) is -0.236. The standard InChI is InChI=1S/C25H23F2N7O2S/c1-3-34-23(31(2)24-29-21(20(14-28)37-24)15-4-6-16(26)7-5-15)18-12-17(13-19(27)22(18)30-34)32-8-10-33(11-9-32)25(35)36/h4-7,12-13H,3,8-11H2,1-2H3,(H,35,36). The Balaban J connectivity index is 1.56. The Morgan fingerprint density at radius 2 is 1.89 bits per heavy atom. The molecule has 2 aromatic carbocycles. The van der Waals surface area contributed by atoms with E-state index in [1.807, 2.05) is 17.9 Å². The van der Waals surface area contributed by atoms with E-state index < -0.39 is 11.9 Å². The fourth-order valence-electron chi connectivity index (χ4n) is 4.50. The topological polar surface area (TPSA) is 102 Å². The van der Waals surface area contributed by atoms with Crippen LogP contribution < -0.4 is 9.80 Å².